The van der Waals surface area contributed by atoms with Crippen LogP contribution >= 0.6 is 0 Å². The van der Waals surface area contributed by atoms with E-state index in [0.717, 1.165) is 36.0 Å². The number of aliphatic hydroxyl groups is 1. The van der Waals surface area contributed by atoms with Crippen LogP contribution in [0.15, 0.2) is 72.8 Å². The summed E-state index contributed by atoms with van der Waals surface area (Å²) in [5.74, 6) is 0.428. The van der Waals surface area contributed by atoms with Gasteiger partial charge >= 0.3 is 0 Å². The average Bonchev–Trinajstić information content (AvgIpc) is 3.17. The normalized spacial score (nSPS) is 24.4. The van der Waals surface area contributed by atoms with Crippen molar-refractivity contribution in [3.63, 3.8) is 0 Å². The lowest BCUT2D eigenvalue weighted by molar-refractivity contribution is -0.255. The Morgan fingerprint density at radius 2 is 1.49 bits per heavy atom. The predicted molar refractivity (Wildman–Crippen MR) is 215 cm³/mol. The van der Waals surface area contributed by atoms with Gasteiger partial charge in [0.25, 0.3) is 0 Å². The van der Waals surface area contributed by atoms with Crippen LogP contribution in [0.2, 0.25) is 0 Å². The number of piperidine rings is 1. The summed E-state index contributed by atoms with van der Waals surface area (Å²) in [5, 5.41) is 18.7. The number of nitrogens with two attached hydrogens (primary N) is 1. The Balaban J connectivity index is 1.10. The molecule has 0 bridgehead atoms. The third kappa shape index (κ3) is 11.2. The molecule has 0 radical (unpaired) electrons. The third-order valence-electron chi connectivity index (χ3n) is 11.1. The number of unbranched alkanes of at least 4 members (excludes halogenated alkanes) is 1. The Bertz CT molecular complexity index is 1740. The van der Waals surface area contributed by atoms with Crippen LogP contribution in [0.3, 0.4) is 0 Å². The highest BCUT2D eigenvalue weighted by Crippen LogP contribution is 2.42. The number of hydrogen-bond donors (Lipinski definition) is 5. The highest BCUT2D eigenvalue weighted by atomic mass is 16.7. The van der Waals surface area contributed by atoms with Crippen LogP contribution in [-0.2, 0) is 30.5 Å². The fourth-order valence-electron chi connectivity index (χ4n) is 8.34. The predicted octanol–water partition coefficient (Wildman–Crippen LogP) is 7.38. The summed E-state index contributed by atoms with van der Waals surface area (Å²) in [6.45, 7) is 6.70. The van der Waals surface area contributed by atoms with Gasteiger partial charge in [0.15, 0.2) is 6.29 Å². The Hall–Kier alpha value is -4.29. The second-order valence-corrected chi connectivity index (χ2v) is 16.5. The maximum absolute atomic E-state index is 13.8. The summed E-state index contributed by atoms with van der Waals surface area (Å²) in [6, 6.07) is 22.7. The molecular weight excluding hydrogens is 695 g/mol. The van der Waals surface area contributed by atoms with Gasteiger partial charge in [-0.05, 0) is 101 Å². The molecule has 296 valence electrons. The maximum Gasteiger partial charge on any atom is 0.237 e. The molecule has 0 aromatic heterocycles. The van der Waals surface area contributed by atoms with Gasteiger partial charge < -0.3 is 36.3 Å². The van der Waals surface area contributed by atoms with Crippen molar-refractivity contribution in [1.29, 1.82) is 0 Å². The molecule has 6 N–H and O–H groups in total. The Morgan fingerprint density at radius 1 is 0.818 bits per heavy atom. The van der Waals surface area contributed by atoms with Crippen molar-refractivity contribution in [3.05, 3.63) is 89.5 Å². The Labute approximate surface area is 325 Å². The number of aliphatic hydroxyl groups excluding tert-OH is 1. The number of likely N-dealkylation sites (tertiary alicyclic amines) is 1. The molecule has 1 aliphatic carbocycles. The van der Waals surface area contributed by atoms with Crippen molar-refractivity contribution in [1.82, 2.24) is 10.2 Å². The zero-order valence-electron chi connectivity index (χ0n) is 32.6. The van der Waals surface area contributed by atoms with Crippen LogP contribution < -0.4 is 21.7 Å². The molecule has 55 heavy (non-hydrogen) atoms. The second-order valence-electron chi connectivity index (χ2n) is 16.5. The van der Waals surface area contributed by atoms with E-state index in [-0.39, 0.29) is 48.1 Å². The molecule has 6 rings (SSSR count). The van der Waals surface area contributed by atoms with Crippen LogP contribution in [0.25, 0.3) is 0 Å². The van der Waals surface area contributed by atoms with Crippen LogP contribution in [0.1, 0.15) is 120 Å². The number of benzene rings is 3. The molecule has 3 aliphatic rings. The first-order valence-electron chi connectivity index (χ1n) is 20.1. The van der Waals surface area contributed by atoms with Crippen molar-refractivity contribution < 1.29 is 29.0 Å². The SMILES string of the molecule is CC(C)(C)NC(=O)[C@H]1CC[C@H]2CCCC[C@H]2N1C[C@@H]1C[C@H](c2ccc(CO)cc2)O[C@H](c2ccc(NC(=O)CCCCC(=O)Nc3ccccc3N)cc2)O1. The zero-order valence-corrected chi connectivity index (χ0v) is 32.6. The number of nitrogens with one attached hydrogen (secondary N) is 3. The van der Waals surface area contributed by atoms with Gasteiger partial charge in [0.2, 0.25) is 17.7 Å². The molecule has 3 fully saturated rings. The number of para-hydroxylation sites is 2. The van der Waals surface area contributed by atoms with E-state index in [4.69, 9.17) is 15.2 Å². The van der Waals surface area contributed by atoms with Gasteiger partial charge in [0.1, 0.15) is 0 Å². The lowest BCUT2D eigenvalue weighted by atomic mass is 9.75. The number of rotatable bonds is 13. The van der Waals surface area contributed by atoms with Gasteiger partial charge in [-0.3, -0.25) is 19.3 Å². The fourth-order valence-corrected chi connectivity index (χ4v) is 8.34. The minimum absolute atomic E-state index is 0.0274. The summed E-state index contributed by atoms with van der Waals surface area (Å²) in [6.07, 6.45) is 7.91. The number of carbonyl (C=O) groups excluding carboxylic acids is 3. The van der Waals surface area contributed by atoms with Gasteiger partial charge in [-0.25, -0.2) is 0 Å². The van der Waals surface area contributed by atoms with E-state index in [2.05, 4.69) is 20.9 Å². The van der Waals surface area contributed by atoms with Crippen molar-refractivity contribution in [2.75, 3.05) is 22.9 Å². The number of ether oxygens (including phenoxy) is 2. The van der Waals surface area contributed by atoms with Crippen molar-refractivity contribution in [2.24, 2.45) is 5.92 Å². The first-order chi connectivity index (χ1) is 26.5. The van der Waals surface area contributed by atoms with Gasteiger partial charge in [-0.15, -0.1) is 0 Å². The van der Waals surface area contributed by atoms with Crippen molar-refractivity contribution in [3.8, 4) is 0 Å². The summed E-state index contributed by atoms with van der Waals surface area (Å²) < 4.78 is 13.4. The van der Waals surface area contributed by atoms with Crippen LogP contribution in [-0.4, -0.2) is 58.0 Å². The number of anilines is 3. The second kappa shape index (κ2) is 18.6. The van der Waals surface area contributed by atoms with E-state index in [0.29, 0.717) is 67.7 Å². The van der Waals surface area contributed by atoms with Crippen LogP contribution in [0, 0.1) is 5.92 Å². The first kappa shape index (κ1) is 40.4. The van der Waals surface area contributed by atoms with E-state index in [1.54, 1.807) is 12.1 Å². The molecular formula is C44H59N5O6. The minimum atomic E-state index is -0.655. The summed E-state index contributed by atoms with van der Waals surface area (Å²) in [5.41, 5.74) is 10.1. The lowest BCUT2D eigenvalue weighted by Gasteiger charge is -2.50. The summed E-state index contributed by atoms with van der Waals surface area (Å²) in [4.78, 5) is 41.3. The fraction of sp³-hybridized carbons (Fsp3) is 0.523. The number of amides is 3. The molecule has 1 saturated carbocycles. The van der Waals surface area contributed by atoms with E-state index in [9.17, 15) is 19.5 Å². The van der Waals surface area contributed by atoms with Gasteiger partial charge in [-0.1, -0.05) is 61.4 Å². The monoisotopic (exact) mass is 753 g/mol. The molecule has 3 aromatic carbocycles. The highest BCUT2D eigenvalue weighted by Gasteiger charge is 2.44. The molecule has 2 aliphatic heterocycles. The molecule has 6 atom stereocenters. The molecule has 0 spiro atoms. The smallest absolute Gasteiger partial charge is 0.237 e. The van der Waals surface area contributed by atoms with Crippen LogP contribution in [0.4, 0.5) is 17.1 Å². The molecule has 2 heterocycles. The summed E-state index contributed by atoms with van der Waals surface area (Å²) >= 11 is 0. The molecule has 3 amide bonds. The van der Waals surface area contributed by atoms with E-state index in [1.165, 1.54) is 19.3 Å². The zero-order chi connectivity index (χ0) is 39.0. The summed E-state index contributed by atoms with van der Waals surface area (Å²) in [7, 11) is 0. The first-order valence-corrected chi connectivity index (χ1v) is 20.1. The topological polar surface area (TPSA) is 155 Å². The molecule has 0 unspecified atom stereocenters. The van der Waals surface area contributed by atoms with Crippen molar-refractivity contribution >= 4 is 34.8 Å². The molecule has 11 nitrogen and oxygen atoms in total. The standard InChI is InChI=1S/C44H59N5O6/c1-44(2,3)48-42(53)38-25-22-30-10-4-7-13-37(30)49(38)27-34-26-39(31-18-16-29(28-50)17-19-31)55-43(54-34)32-20-23-33(24-21-32)46-40(51)14-8-9-15-41(52)47-36-12-6-5-11-35(36)45/h5-6,11-12,16-21,23-24,30,34,37-39,43,50H,4,7-10,13-15,22,25-28,45H2,1-3H3,(H,46,51)(H,47,52)(H,48,53)/t30-,34+,37-,38-,39-,43-/m1/s1. The number of nitrogen functional groups attached to an aromatic ring is 1. The van der Waals surface area contributed by atoms with Crippen LogP contribution in [0.5, 0.6) is 0 Å². The van der Waals surface area contributed by atoms with Gasteiger partial charge in [-0.2, -0.15) is 0 Å². The number of carbonyl (C=O) groups is 3. The third-order valence-corrected chi connectivity index (χ3v) is 11.1. The largest absolute Gasteiger partial charge is 0.397 e. The Morgan fingerprint density at radius 3 is 2.18 bits per heavy atom. The van der Waals surface area contributed by atoms with E-state index >= 15 is 0 Å². The molecule has 3 aromatic rings. The number of nitrogens with zero attached hydrogens (tertiary/aromatic N) is 1. The minimum Gasteiger partial charge on any atom is -0.397 e. The van der Waals surface area contributed by atoms with Gasteiger partial charge in [0, 0.05) is 48.6 Å². The van der Waals surface area contributed by atoms with Gasteiger partial charge in [0.05, 0.1) is 36.2 Å². The quantitative estimate of drug-likeness (QED) is 0.0895. The molecule has 11 heteroatoms. The number of hydrogen-bond acceptors (Lipinski definition) is 8. The van der Waals surface area contributed by atoms with E-state index in [1.807, 2.05) is 81.4 Å². The number of fused-ring (bicyclic) bond motifs is 1. The lowest BCUT2D eigenvalue weighted by Crippen LogP contribution is -2.61. The highest BCUT2D eigenvalue weighted by molar-refractivity contribution is 5.94. The maximum atomic E-state index is 13.8. The Kier molecular flexibility index (Phi) is 13.6. The van der Waals surface area contributed by atoms with E-state index < -0.39 is 6.29 Å². The van der Waals surface area contributed by atoms with Crippen molar-refractivity contribution in [2.45, 2.75) is 134 Å². The molecule has 2 saturated heterocycles. The average molecular weight is 754 g/mol.